The summed E-state index contributed by atoms with van der Waals surface area (Å²) in [5.41, 5.74) is 2.34. The lowest BCUT2D eigenvalue weighted by molar-refractivity contribution is -0.118. The van der Waals surface area contributed by atoms with Crippen molar-refractivity contribution in [2.24, 2.45) is 0 Å². The van der Waals surface area contributed by atoms with Crippen molar-refractivity contribution in [2.75, 3.05) is 19.0 Å². The van der Waals surface area contributed by atoms with Gasteiger partial charge in [0.05, 0.1) is 24.0 Å². The average molecular weight is 405 g/mol. The lowest BCUT2D eigenvalue weighted by atomic mass is 10.2. The maximum atomic E-state index is 12.1. The Kier molecular flexibility index (Phi) is 5.40. The largest absolute Gasteiger partial charge is 0.489 e. The Morgan fingerprint density at radius 3 is 2.96 bits per heavy atom. The summed E-state index contributed by atoms with van der Waals surface area (Å²) in [7, 11) is 0. The third-order valence-electron chi connectivity index (χ3n) is 3.95. The SMILES string of the molecule is O=C(CSc1nc2ccccc2o1)NCc1cc(Cl)c2c(c1)OCCCO2. The van der Waals surface area contributed by atoms with Crippen molar-refractivity contribution in [3.63, 3.8) is 0 Å². The molecule has 0 aliphatic carbocycles. The minimum Gasteiger partial charge on any atom is -0.489 e. The van der Waals surface area contributed by atoms with E-state index in [0.717, 1.165) is 17.5 Å². The molecule has 2 aromatic carbocycles. The topological polar surface area (TPSA) is 73.6 Å². The van der Waals surface area contributed by atoms with Gasteiger partial charge in [0.25, 0.3) is 5.22 Å². The molecule has 27 heavy (non-hydrogen) atoms. The number of halogens is 1. The fourth-order valence-electron chi connectivity index (χ4n) is 2.68. The number of carbonyl (C=O) groups is 1. The summed E-state index contributed by atoms with van der Waals surface area (Å²) in [4.78, 5) is 16.5. The monoisotopic (exact) mass is 404 g/mol. The highest BCUT2D eigenvalue weighted by molar-refractivity contribution is 7.99. The van der Waals surface area contributed by atoms with Crippen LogP contribution in [0.15, 0.2) is 46.0 Å². The molecule has 8 heteroatoms. The first-order chi connectivity index (χ1) is 13.2. The molecule has 1 amide bonds. The van der Waals surface area contributed by atoms with Gasteiger partial charge in [-0.25, -0.2) is 4.98 Å². The highest BCUT2D eigenvalue weighted by atomic mass is 35.5. The number of fused-ring (bicyclic) bond motifs is 2. The molecule has 0 unspecified atom stereocenters. The van der Waals surface area contributed by atoms with Crippen molar-refractivity contribution in [2.45, 2.75) is 18.2 Å². The molecular weight excluding hydrogens is 388 g/mol. The van der Waals surface area contributed by atoms with Gasteiger partial charge in [0.15, 0.2) is 17.1 Å². The Bertz CT molecular complexity index is 942. The number of carbonyl (C=O) groups excluding carboxylic acids is 1. The van der Waals surface area contributed by atoms with Gasteiger partial charge >= 0.3 is 0 Å². The molecule has 0 spiro atoms. The quantitative estimate of drug-likeness (QED) is 0.646. The van der Waals surface area contributed by atoms with Gasteiger partial charge in [0, 0.05) is 13.0 Å². The van der Waals surface area contributed by atoms with E-state index in [1.165, 1.54) is 11.8 Å². The fourth-order valence-corrected chi connectivity index (χ4v) is 3.63. The average Bonchev–Trinajstić information content (AvgIpc) is 2.93. The standard InChI is InChI=1S/C19H17ClN2O4S/c20-13-8-12(9-16-18(13)25-7-3-6-24-16)10-21-17(23)11-27-19-22-14-4-1-2-5-15(14)26-19/h1-2,4-5,8-9H,3,6-7,10-11H2,(H,21,23). The predicted molar refractivity (Wildman–Crippen MR) is 104 cm³/mol. The zero-order valence-electron chi connectivity index (χ0n) is 14.4. The van der Waals surface area contributed by atoms with Crippen LogP contribution in [0.1, 0.15) is 12.0 Å². The van der Waals surface area contributed by atoms with Gasteiger partial charge in [-0.1, -0.05) is 35.5 Å². The minimum atomic E-state index is -0.120. The number of nitrogens with zero attached hydrogens (tertiary/aromatic N) is 1. The number of nitrogens with one attached hydrogen (secondary N) is 1. The second kappa shape index (κ2) is 8.10. The van der Waals surface area contributed by atoms with Gasteiger partial charge in [0.2, 0.25) is 5.91 Å². The number of amides is 1. The van der Waals surface area contributed by atoms with Crippen LogP contribution in [0, 0.1) is 0 Å². The van der Waals surface area contributed by atoms with E-state index in [1.807, 2.05) is 30.3 Å². The number of thioether (sulfide) groups is 1. The molecule has 1 N–H and O–H groups in total. The van der Waals surface area contributed by atoms with Gasteiger partial charge in [-0.15, -0.1) is 0 Å². The van der Waals surface area contributed by atoms with Crippen molar-refractivity contribution in [1.29, 1.82) is 0 Å². The van der Waals surface area contributed by atoms with Gasteiger partial charge in [-0.2, -0.15) is 0 Å². The number of para-hydroxylation sites is 2. The second-order valence-electron chi connectivity index (χ2n) is 5.97. The van der Waals surface area contributed by atoms with Crippen molar-refractivity contribution >= 4 is 40.4 Å². The number of hydrogen-bond donors (Lipinski definition) is 1. The summed E-state index contributed by atoms with van der Waals surface area (Å²) in [6, 6.07) is 11.1. The number of aromatic nitrogens is 1. The third kappa shape index (κ3) is 4.31. The maximum absolute atomic E-state index is 12.1. The van der Waals surface area contributed by atoms with Gasteiger partial charge in [-0.05, 0) is 29.8 Å². The van der Waals surface area contributed by atoms with Crippen molar-refractivity contribution in [3.05, 3.63) is 47.0 Å². The van der Waals surface area contributed by atoms with E-state index >= 15 is 0 Å². The number of oxazole rings is 1. The predicted octanol–water partition coefficient (Wildman–Crippen LogP) is 4.05. The molecule has 0 fully saturated rings. The van der Waals surface area contributed by atoms with Gasteiger partial charge in [0.1, 0.15) is 5.52 Å². The van der Waals surface area contributed by atoms with Crippen LogP contribution < -0.4 is 14.8 Å². The second-order valence-corrected chi connectivity index (χ2v) is 7.30. The van der Waals surface area contributed by atoms with Crippen LogP contribution in [-0.2, 0) is 11.3 Å². The first-order valence-corrected chi connectivity index (χ1v) is 9.88. The van der Waals surface area contributed by atoms with Crippen LogP contribution in [-0.4, -0.2) is 29.9 Å². The van der Waals surface area contributed by atoms with Crippen molar-refractivity contribution < 1.29 is 18.7 Å². The molecule has 0 radical (unpaired) electrons. The molecule has 4 rings (SSSR count). The van der Waals surface area contributed by atoms with E-state index in [0.29, 0.717) is 47.1 Å². The summed E-state index contributed by atoms with van der Waals surface area (Å²) in [6.45, 7) is 1.51. The highest BCUT2D eigenvalue weighted by Crippen LogP contribution is 2.38. The van der Waals surface area contributed by atoms with Crippen LogP contribution in [0.2, 0.25) is 5.02 Å². The van der Waals surface area contributed by atoms with E-state index in [1.54, 1.807) is 6.07 Å². The van der Waals surface area contributed by atoms with Crippen LogP contribution in [0.25, 0.3) is 11.1 Å². The number of hydrogen-bond acceptors (Lipinski definition) is 6. The Morgan fingerprint density at radius 2 is 2.07 bits per heavy atom. The number of rotatable bonds is 5. The fraction of sp³-hybridized carbons (Fsp3) is 0.263. The molecule has 2 heterocycles. The zero-order chi connectivity index (χ0) is 18.6. The Morgan fingerprint density at radius 1 is 1.22 bits per heavy atom. The van der Waals surface area contributed by atoms with Crippen LogP contribution in [0.5, 0.6) is 11.5 Å². The van der Waals surface area contributed by atoms with Crippen molar-refractivity contribution in [1.82, 2.24) is 10.3 Å². The normalized spacial score (nSPS) is 13.4. The number of benzene rings is 2. The van der Waals surface area contributed by atoms with E-state index in [4.69, 9.17) is 25.5 Å². The Labute approximate surface area is 165 Å². The number of ether oxygens (including phenoxy) is 2. The summed E-state index contributed by atoms with van der Waals surface area (Å²) >= 11 is 7.53. The molecule has 1 aliphatic rings. The van der Waals surface area contributed by atoms with E-state index in [9.17, 15) is 4.79 Å². The molecule has 0 atom stereocenters. The van der Waals surface area contributed by atoms with Crippen molar-refractivity contribution in [3.8, 4) is 11.5 Å². The van der Waals surface area contributed by atoms with Gasteiger partial charge in [-0.3, -0.25) is 4.79 Å². The molecule has 140 valence electrons. The molecule has 0 saturated heterocycles. The zero-order valence-corrected chi connectivity index (χ0v) is 15.9. The molecular formula is C19H17ClN2O4S. The first kappa shape index (κ1) is 18.0. The first-order valence-electron chi connectivity index (χ1n) is 8.52. The van der Waals surface area contributed by atoms with E-state index in [2.05, 4.69) is 10.3 Å². The molecule has 6 nitrogen and oxygen atoms in total. The molecule has 1 aromatic heterocycles. The summed E-state index contributed by atoms with van der Waals surface area (Å²) in [5.74, 6) is 1.27. The lowest BCUT2D eigenvalue weighted by Crippen LogP contribution is -2.24. The third-order valence-corrected chi connectivity index (χ3v) is 5.06. The van der Waals surface area contributed by atoms with Crippen LogP contribution in [0.3, 0.4) is 0 Å². The minimum absolute atomic E-state index is 0.120. The Balaban J connectivity index is 1.33. The van der Waals surface area contributed by atoms with Crippen LogP contribution >= 0.6 is 23.4 Å². The maximum Gasteiger partial charge on any atom is 0.257 e. The van der Waals surface area contributed by atoms with E-state index in [-0.39, 0.29) is 11.7 Å². The molecule has 1 aliphatic heterocycles. The highest BCUT2D eigenvalue weighted by Gasteiger charge is 2.16. The summed E-state index contributed by atoms with van der Waals surface area (Å²) in [5, 5.41) is 3.83. The summed E-state index contributed by atoms with van der Waals surface area (Å²) in [6.07, 6.45) is 0.810. The Hall–Kier alpha value is -2.38. The molecule has 0 saturated carbocycles. The van der Waals surface area contributed by atoms with Gasteiger partial charge < -0.3 is 19.2 Å². The van der Waals surface area contributed by atoms with E-state index < -0.39 is 0 Å². The molecule has 0 bridgehead atoms. The molecule has 3 aromatic rings. The van der Waals surface area contributed by atoms with Crippen LogP contribution in [0.4, 0.5) is 0 Å². The smallest absolute Gasteiger partial charge is 0.257 e. The summed E-state index contributed by atoms with van der Waals surface area (Å²) < 4.78 is 16.9. The lowest BCUT2D eigenvalue weighted by Gasteiger charge is -2.12.